The number of nitrogens with two attached hydrogens (primary N) is 1. The lowest BCUT2D eigenvalue weighted by Crippen LogP contribution is -2.11. The molecule has 0 amide bonds. The van der Waals surface area contributed by atoms with E-state index in [4.69, 9.17) is 5.73 Å². The maximum atomic E-state index is 6.21. The third-order valence-corrected chi connectivity index (χ3v) is 3.98. The van der Waals surface area contributed by atoms with Gasteiger partial charge in [-0.05, 0) is 27.7 Å². The van der Waals surface area contributed by atoms with Gasteiger partial charge in [0.25, 0.3) is 0 Å². The molecule has 92 valence electrons. The number of hydrogen-bond acceptors (Lipinski definition) is 4. The molecule has 0 saturated heterocycles. The highest BCUT2D eigenvalue weighted by Gasteiger charge is 2.16. The smallest absolute Gasteiger partial charge is 0.115 e. The van der Waals surface area contributed by atoms with E-state index in [0.717, 1.165) is 16.3 Å². The second kappa shape index (κ2) is 4.58. The first-order valence-corrected chi connectivity index (χ1v) is 6.54. The first-order chi connectivity index (χ1) is 7.99. The van der Waals surface area contributed by atoms with Crippen molar-refractivity contribution in [3.8, 4) is 0 Å². The van der Waals surface area contributed by atoms with Gasteiger partial charge < -0.3 is 5.73 Å². The van der Waals surface area contributed by atoms with Crippen LogP contribution in [0.25, 0.3) is 0 Å². The molecule has 0 bridgehead atoms. The third kappa shape index (κ3) is 2.40. The molecule has 0 aliphatic carbocycles. The van der Waals surface area contributed by atoms with Gasteiger partial charge in [-0.1, -0.05) is 0 Å². The lowest BCUT2D eigenvalue weighted by molar-refractivity contribution is 0.532. The van der Waals surface area contributed by atoms with Crippen molar-refractivity contribution in [3.63, 3.8) is 0 Å². The molecule has 0 spiro atoms. The Kier molecular flexibility index (Phi) is 3.31. The van der Waals surface area contributed by atoms with Crippen LogP contribution in [-0.2, 0) is 0 Å². The van der Waals surface area contributed by atoms with Crippen molar-refractivity contribution in [2.75, 3.05) is 0 Å². The van der Waals surface area contributed by atoms with Crippen LogP contribution in [0.4, 0.5) is 0 Å². The van der Waals surface area contributed by atoms with Gasteiger partial charge in [-0.15, -0.1) is 11.3 Å². The number of nitrogens with zero attached hydrogens (tertiary/aromatic N) is 3. The van der Waals surface area contributed by atoms with Crippen LogP contribution >= 0.6 is 11.3 Å². The molecule has 2 N–H and O–H groups in total. The maximum absolute atomic E-state index is 6.21. The van der Waals surface area contributed by atoms with Gasteiger partial charge in [0.05, 0.1) is 17.9 Å². The lowest BCUT2D eigenvalue weighted by atomic mass is 10.2. The monoisotopic (exact) mass is 250 g/mol. The number of hydrogen-bond donors (Lipinski definition) is 1. The molecule has 0 aromatic carbocycles. The first-order valence-electron chi connectivity index (χ1n) is 5.72. The van der Waals surface area contributed by atoms with Gasteiger partial charge >= 0.3 is 0 Å². The highest BCUT2D eigenvalue weighted by atomic mass is 32.1. The molecule has 17 heavy (non-hydrogen) atoms. The Labute approximate surface area is 105 Å². The maximum Gasteiger partial charge on any atom is 0.115 e. The summed E-state index contributed by atoms with van der Waals surface area (Å²) in [5.74, 6) is 0. The van der Waals surface area contributed by atoms with E-state index in [1.54, 1.807) is 11.3 Å². The molecule has 5 heteroatoms. The average molecular weight is 250 g/mol. The minimum atomic E-state index is -0.167. The summed E-state index contributed by atoms with van der Waals surface area (Å²) in [4.78, 5) is 5.73. The van der Waals surface area contributed by atoms with Crippen LogP contribution in [0.15, 0.2) is 12.4 Å². The van der Waals surface area contributed by atoms with E-state index < -0.39 is 0 Å². The van der Waals surface area contributed by atoms with Crippen molar-refractivity contribution in [1.82, 2.24) is 14.8 Å². The molecule has 2 aromatic rings. The Morgan fingerprint density at radius 2 is 2.06 bits per heavy atom. The van der Waals surface area contributed by atoms with E-state index in [1.165, 1.54) is 4.88 Å². The van der Waals surface area contributed by atoms with Crippen molar-refractivity contribution in [3.05, 3.63) is 33.5 Å². The predicted octanol–water partition coefficient (Wildman–Crippen LogP) is 2.59. The van der Waals surface area contributed by atoms with Crippen molar-refractivity contribution in [1.29, 1.82) is 0 Å². The van der Waals surface area contributed by atoms with Crippen LogP contribution in [0.1, 0.15) is 47.1 Å². The molecule has 1 atom stereocenters. The summed E-state index contributed by atoms with van der Waals surface area (Å²) in [5, 5.41) is 5.27. The predicted molar refractivity (Wildman–Crippen MR) is 70.2 cm³/mol. The number of thiazole rings is 1. The van der Waals surface area contributed by atoms with Gasteiger partial charge in [-0.3, -0.25) is 4.68 Å². The highest BCUT2D eigenvalue weighted by Crippen LogP contribution is 2.26. The number of rotatable bonds is 3. The minimum Gasteiger partial charge on any atom is -0.318 e. The van der Waals surface area contributed by atoms with Gasteiger partial charge in [-0.2, -0.15) is 5.10 Å². The van der Waals surface area contributed by atoms with Gasteiger partial charge in [0.15, 0.2) is 0 Å². The zero-order valence-electron chi connectivity index (χ0n) is 10.6. The van der Waals surface area contributed by atoms with Gasteiger partial charge in [-0.25, -0.2) is 4.98 Å². The van der Waals surface area contributed by atoms with Crippen molar-refractivity contribution in [2.24, 2.45) is 5.73 Å². The van der Waals surface area contributed by atoms with Crippen molar-refractivity contribution in [2.45, 2.75) is 39.8 Å². The lowest BCUT2D eigenvalue weighted by Gasteiger charge is -2.06. The van der Waals surface area contributed by atoms with Crippen LogP contribution in [0.2, 0.25) is 0 Å². The van der Waals surface area contributed by atoms with Crippen molar-refractivity contribution >= 4 is 11.3 Å². The Hall–Kier alpha value is -1.20. The van der Waals surface area contributed by atoms with Crippen LogP contribution < -0.4 is 5.73 Å². The van der Waals surface area contributed by atoms with Gasteiger partial charge in [0.2, 0.25) is 0 Å². The molecule has 0 saturated carbocycles. The normalized spacial score (nSPS) is 13.3. The van der Waals surface area contributed by atoms with E-state index in [9.17, 15) is 0 Å². The molecule has 0 aliphatic heterocycles. The van der Waals surface area contributed by atoms with E-state index >= 15 is 0 Å². The Morgan fingerprint density at radius 3 is 2.53 bits per heavy atom. The van der Waals surface area contributed by atoms with Crippen LogP contribution in [0.3, 0.4) is 0 Å². The van der Waals surface area contributed by atoms with Crippen molar-refractivity contribution < 1.29 is 0 Å². The fourth-order valence-electron chi connectivity index (χ4n) is 1.57. The van der Waals surface area contributed by atoms with Gasteiger partial charge in [0.1, 0.15) is 5.01 Å². The Morgan fingerprint density at radius 1 is 1.35 bits per heavy atom. The average Bonchev–Trinajstić information content (AvgIpc) is 2.86. The largest absolute Gasteiger partial charge is 0.318 e. The summed E-state index contributed by atoms with van der Waals surface area (Å²) < 4.78 is 1.92. The zero-order chi connectivity index (χ0) is 12.6. The molecule has 2 rings (SSSR count). The summed E-state index contributed by atoms with van der Waals surface area (Å²) in [6.07, 6.45) is 3.83. The quantitative estimate of drug-likeness (QED) is 0.911. The first kappa shape index (κ1) is 12.3. The fourth-order valence-corrected chi connectivity index (χ4v) is 2.52. The Bertz CT molecular complexity index is 493. The Balaban J connectivity index is 2.27. The summed E-state index contributed by atoms with van der Waals surface area (Å²) in [6.45, 7) is 8.28. The molecular weight excluding hydrogens is 232 g/mol. The molecule has 2 aromatic heterocycles. The third-order valence-electron chi connectivity index (χ3n) is 2.82. The molecule has 4 nitrogen and oxygen atoms in total. The summed E-state index contributed by atoms with van der Waals surface area (Å²) >= 11 is 1.66. The van der Waals surface area contributed by atoms with E-state index in [2.05, 4.69) is 30.9 Å². The highest BCUT2D eigenvalue weighted by molar-refractivity contribution is 7.11. The summed E-state index contributed by atoms with van der Waals surface area (Å²) in [5.41, 5.74) is 8.29. The second-order valence-electron chi connectivity index (χ2n) is 4.52. The van der Waals surface area contributed by atoms with E-state index in [1.807, 2.05) is 24.0 Å². The topological polar surface area (TPSA) is 56.7 Å². The molecule has 0 fully saturated rings. The van der Waals surface area contributed by atoms with Crippen LogP contribution in [0, 0.1) is 13.8 Å². The molecule has 0 radical (unpaired) electrons. The summed E-state index contributed by atoms with van der Waals surface area (Å²) in [6, 6.07) is 0.190. The minimum absolute atomic E-state index is 0.167. The van der Waals surface area contributed by atoms with E-state index in [-0.39, 0.29) is 6.04 Å². The summed E-state index contributed by atoms with van der Waals surface area (Å²) in [7, 11) is 0. The van der Waals surface area contributed by atoms with Gasteiger partial charge in [0, 0.05) is 22.7 Å². The SMILES string of the molecule is Cc1nc(C(N)c2cnn(C(C)C)c2)sc1C. The van der Waals surface area contributed by atoms with Crippen LogP contribution in [0.5, 0.6) is 0 Å². The molecule has 2 heterocycles. The fraction of sp³-hybridized carbons (Fsp3) is 0.500. The van der Waals surface area contributed by atoms with Crippen LogP contribution in [-0.4, -0.2) is 14.8 Å². The molecular formula is C12H18N4S. The second-order valence-corrected chi connectivity index (χ2v) is 5.75. The zero-order valence-corrected chi connectivity index (χ0v) is 11.5. The molecule has 1 unspecified atom stereocenters. The number of aromatic nitrogens is 3. The molecule has 0 aliphatic rings. The van der Waals surface area contributed by atoms with E-state index in [0.29, 0.717) is 6.04 Å². The standard InChI is InChI=1S/C12H18N4S/c1-7(2)16-6-10(5-14-16)11(13)12-15-8(3)9(4)17-12/h5-7,11H,13H2,1-4H3. The number of aryl methyl sites for hydroxylation is 2.